The van der Waals surface area contributed by atoms with Crippen LogP contribution in [0.5, 0.6) is 0 Å². The van der Waals surface area contributed by atoms with E-state index in [4.69, 9.17) is 13.9 Å². The van der Waals surface area contributed by atoms with Gasteiger partial charge >= 0.3 is 12.1 Å². The zero-order valence-electron chi connectivity index (χ0n) is 24.4. The van der Waals surface area contributed by atoms with E-state index >= 15 is 0 Å². The quantitative estimate of drug-likeness (QED) is 0.156. The summed E-state index contributed by atoms with van der Waals surface area (Å²) in [5.41, 5.74) is 1.82. The maximum absolute atomic E-state index is 13.8. The van der Waals surface area contributed by atoms with Crippen LogP contribution >= 0.6 is 0 Å². The van der Waals surface area contributed by atoms with Crippen molar-refractivity contribution in [3.63, 3.8) is 0 Å². The molecule has 1 saturated heterocycles. The molecule has 1 amide bonds. The van der Waals surface area contributed by atoms with Gasteiger partial charge in [0.25, 0.3) is 0 Å². The Morgan fingerprint density at radius 3 is 2.02 bits per heavy atom. The highest BCUT2D eigenvalue weighted by Crippen LogP contribution is 2.39. The van der Waals surface area contributed by atoms with Crippen molar-refractivity contribution >= 4 is 26.2 Å². The Kier molecular flexibility index (Phi) is 9.45. The molecule has 3 atom stereocenters. The van der Waals surface area contributed by atoms with Gasteiger partial charge in [-0.2, -0.15) is 0 Å². The highest BCUT2D eigenvalue weighted by Gasteiger charge is 2.47. The molecule has 7 nitrogen and oxygen atoms in total. The third kappa shape index (κ3) is 7.51. The lowest BCUT2D eigenvalue weighted by molar-refractivity contribution is -0.152. The molecule has 8 heteroatoms. The molecule has 3 aromatic rings. The van der Waals surface area contributed by atoms with Crippen molar-refractivity contribution in [2.45, 2.75) is 70.2 Å². The first-order valence-corrected chi connectivity index (χ1v) is 16.9. The molecule has 1 aliphatic rings. The SMILES string of the molecule is CC(C)(C)[Si](C)(C)OC1C[C@H](C(=O)OC(C(=O)c2ccccc2)c2ccccc2)N(C(=O)OCc2ccccc2)C1. The fourth-order valence-corrected chi connectivity index (χ4v) is 5.91. The van der Waals surface area contributed by atoms with Gasteiger partial charge in [0.15, 0.2) is 14.4 Å². The molecule has 4 rings (SSSR count). The number of likely N-dealkylation sites (tertiary alicyclic amines) is 1. The summed E-state index contributed by atoms with van der Waals surface area (Å²) in [6.45, 7) is 11.0. The molecule has 3 aromatic carbocycles. The minimum Gasteiger partial charge on any atom is -0.447 e. The molecule has 0 aliphatic carbocycles. The molecule has 2 unspecified atom stereocenters. The minimum atomic E-state index is -2.20. The highest BCUT2D eigenvalue weighted by atomic mass is 28.4. The van der Waals surface area contributed by atoms with E-state index < -0.39 is 32.5 Å². The van der Waals surface area contributed by atoms with Crippen LogP contribution in [0.2, 0.25) is 18.1 Å². The van der Waals surface area contributed by atoms with E-state index in [-0.39, 0.29) is 36.5 Å². The Labute approximate surface area is 243 Å². The average Bonchev–Trinajstić information content (AvgIpc) is 3.38. The van der Waals surface area contributed by atoms with Gasteiger partial charge in [0.2, 0.25) is 5.78 Å². The van der Waals surface area contributed by atoms with Gasteiger partial charge in [-0.15, -0.1) is 0 Å². The summed E-state index contributed by atoms with van der Waals surface area (Å²) < 4.78 is 18.2. The average molecular weight is 574 g/mol. The molecular formula is C33H39NO6Si. The number of nitrogens with zero attached hydrogens (tertiary/aromatic N) is 1. The van der Waals surface area contributed by atoms with Crippen molar-refractivity contribution in [1.29, 1.82) is 0 Å². The lowest BCUT2D eigenvalue weighted by Crippen LogP contribution is -2.45. The Bertz CT molecular complexity index is 1320. The van der Waals surface area contributed by atoms with E-state index in [1.165, 1.54) is 4.90 Å². The number of hydrogen-bond donors (Lipinski definition) is 0. The standard InChI is InChI=1S/C33H39NO6Si/c1-33(2,3)41(4,5)40-27-21-28(34(22-27)32(37)38-23-24-15-9-6-10-16-24)31(36)39-30(26-19-13-8-14-20-26)29(35)25-17-11-7-12-18-25/h6-20,27-28,30H,21-23H2,1-5H3/t27?,28-,30?/m1/s1. The topological polar surface area (TPSA) is 82.1 Å². The van der Waals surface area contributed by atoms with Crippen molar-refractivity contribution in [3.8, 4) is 0 Å². The predicted molar refractivity (Wildman–Crippen MR) is 160 cm³/mol. The molecule has 0 radical (unpaired) electrons. The molecule has 0 bridgehead atoms. The molecule has 0 N–H and O–H groups in total. The monoisotopic (exact) mass is 573 g/mol. The minimum absolute atomic E-state index is 0.0508. The van der Waals surface area contributed by atoms with E-state index in [0.717, 1.165) is 5.56 Å². The summed E-state index contributed by atoms with van der Waals surface area (Å²) in [7, 11) is -2.20. The summed E-state index contributed by atoms with van der Waals surface area (Å²) in [4.78, 5) is 42.0. The first kappa shape index (κ1) is 30.2. The first-order chi connectivity index (χ1) is 19.5. The van der Waals surface area contributed by atoms with Crippen LogP contribution in [0.1, 0.15) is 54.8 Å². The van der Waals surface area contributed by atoms with E-state index in [2.05, 4.69) is 33.9 Å². The predicted octanol–water partition coefficient (Wildman–Crippen LogP) is 6.96. The van der Waals surface area contributed by atoms with E-state index in [1.54, 1.807) is 48.5 Å². The molecule has 1 aliphatic heterocycles. The molecule has 1 heterocycles. The molecule has 1 fully saturated rings. The van der Waals surface area contributed by atoms with Gasteiger partial charge in [-0.1, -0.05) is 112 Å². The molecule has 41 heavy (non-hydrogen) atoms. The summed E-state index contributed by atoms with van der Waals surface area (Å²) >= 11 is 0. The second-order valence-electron chi connectivity index (χ2n) is 11.9. The highest BCUT2D eigenvalue weighted by molar-refractivity contribution is 6.74. The smallest absolute Gasteiger partial charge is 0.410 e. The molecular weight excluding hydrogens is 534 g/mol. The number of hydrogen-bond acceptors (Lipinski definition) is 6. The summed E-state index contributed by atoms with van der Waals surface area (Å²) in [6.07, 6.45) is -1.89. The maximum atomic E-state index is 13.8. The third-order valence-corrected chi connectivity index (χ3v) is 12.4. The molecule has 0 spiro atoms. The zero-order chi connectivity index (χ0) is 29.6. The molecule has 0 aromatic heterocycles. The van der Waals surface area contributed by atoms with Crippen LogP contribution in [0.25, 0.3) is 0 Å². The van der Waals surface area contributed by atoms with Gasteiger partial charge in [0, 0.05) is 24.1 Å². The van der Waals surface area contributed by atoms with Gasteiger partial charge in [-0.05, 0) is 23.7 Å². The number of ketones is 1. The van der Waals surface area contributed by atoms with E-state index in [9.17, 15) is 14.4 Å². The zero-order valence-corrected chi connectivity index (χ0v) is 25.4. The Morgan fingerprint density at radius 1 is 0.878 bits per heavy atom. The number of carbonyl (C=O) groups excluding carboxylic acids is 3. The summed E-state index contributed by atoms with van der Waals surface area (Å²) in [6, 6.07) is 26.1. The number of Topliss-reactive ketones (excluding diaryl/α,β-unsaturated/α-hetero) is 1. The number of esters is 1. The van der Waals surface area contributed by atoms with Gasteiger partial charge < -0.3 is 13.9 Å². The van der Waals surface area contributed by atoms with Gasteiger partial charge in [0.05, 0.1) is 6.10 Å². The van der Waals surface area contributed by atoms with Gasteiger partial charge in [-0.3, -0.25) is 9.69 Å². The Morgan fingerprint density at radius 2 is 1.44 bits per heavy atom. The van der Waals surface area contributed by atoms with Crippen molar-refractivity contribution in [3.05, 3.63) is 108 Å². The van der Waals surface area contributed by atoms with Crippen molar-refractivity contribution < 1.29 is 28.3 Å². The van der Waals surface area contributed by atoms with Gasteiger partial charge in [-0.25, -0.2) is 9.59 Å². The van der Waals surface area contributed by atoms with Crippen molar-refractivity contribution in [2.24, 2.45) is 0 Å². The van der Waals surface area contributed by atoms with Crippen LogP contribution in [-0.2, 0) is 25.3 Å². The number of benzene rings is 3. The molecule has 216 valence electrons. The second-order valence-corrected chi connectivity index (χ2v) is 16.7. The molecule has 0 saturated carbocycles. The summed E-state index contributed by atoms with van der Waals surface area (Å²) in [5.74, 6) is -1.00. The maximum Gasteiger partial charge on any atom is 0.410 e. The lowest BCUT2D eigenvalue weighted by Gasteiger charge is -2.38. The van der Waals surface area contributed by atoms with Crippen molar-refractivity contribution in [1.82, 2.24) is 4.90 Å². The third-order valence-electron chi connectivity index (χ3n) is 7.87. The van der Waals surface area contributed by atoms with Crippen LogP contribution in [0.4, 0.5) is 4.79 Å². The number of rotatable bonds is 9. The van der Waals surface area contributed by atoms with Crippen LogP contribution in [-0.4, -0.2) is 49.8 Å². The number of amides is 1. The van der Waals surface area contributed by atoms with E-state index in [1.807, 2.05) is 42.5 Å². The first-order valence-electron chi connectivity index (χ1n) is 14.0. The van der Waals surface area contributed by atoms with Crippen LogP contribution < -0.4 is 0 Å². The number of ether oxygens (including phenoxy) is 2. The summed E-state index contributed by atoms with van der Waals surface area (Å²) in [5, 5.41) is -0.0508. The number of carbonyl (C=O) groups is 3. The largest absolute Gasteiger partial charge is 0.447 e. The van der Waals surface area contributed by atoms with Crippen molar-refractivity contribution in [2.75, 3.05) is 6.54 Å². The normalized spacial score (nSPS) is 18.0. The van der Waals surface area contributed by atoms with Crippen LogP contribution in [0.15, 0.2) is 91.0 Å². The fraction of sp³-hybridized carbons (Fsp3) is 0.364. The van der Waals surface area contributed by atoms with Gasteiger partial charge in [0.1, 0.15) is 12.6 Å². The lowest BCUT2D eigenvalue weighted by atomic mass is 9.99. The second kappa shape index (κ2) is 12.8. The Balaban J connectivity index is 1.58. The van der Waals surface area contributed by atoms with Crippen LogP contribution in [0, 0.1) is 0 Å². The van der Waals surface area contributed by atoms with E-state index in [0.29, 0.717) is 11.1 Å². The van der Waals surface area contributed by atoms with Crippen LogP contribution in [0.3, 0.4) is 0 Å². The Hall–Kier alpha value is -3.75. The fourth-order valence-electron chi connectivity index (χ4n) is 4.55.